The van der Waals surface area contributed by atoms with Crippen LogP contribution in [-0.2, 0) is 14.3 Å². The van der Waals surface area contributed by atoms with Gasteiger partial charge >= 0.3 is 5.97 Å². The minimum atomic E-state index is -0.542. The van der Waals surface area contributed by atoms with Crippen LogP contribution in [0.1, 0.15) is 45.4 Å². The summed E-state index contributed by atoms with van der Waals surface area (Å²) in [6.07, 6.45) is 1.58. The number of amides is 2. The molecule has 1 aromatic heterocycles. The van der Waals surface area contributed by atoms with Crippen LogP contribution in [-0.4, -0.2) is 34.1 Å². The molecule has 0 aliphatic carbocycles. The second kappa shape index (κ2) is 9.91. The summed E-state index contributed by atoms with van der Waals surface area (Å²) >= 11 is 5.33. The fourth-order valence-corrected chi connectivity index (χ4v) is 4.51. The number of anilines is 1. The normalized spacial score (nSPS) is 14.9. The molecular formula is C28H27N3O4S. The van der Waals surface area contributed by atoms with Crippen LogP contribution < -0.4 is 10.2 Å². The van der Waals surface area contributed by atoms with Crippen LogP contribution in [0, 0.1) is 27.7 Å². The molecule has 2 heterocycles. The summed E-state index contributed by atoms with van der Waals surface area (Å²) in [6.45, 7) is 9.82. The number of rotatable bonds is 5. The Hall–Kier alpha value is -4.04. The topological polar surface area (TPSA) is 80.6 Å². The van der Waals surface area contributed by atoms with Gasteiger partial charge in [0.15, 0.2) is 5.11 Å². The molecule has 0 saturated carbocycles. The molecule has 1 aliphatic heterocycles. The van der Waals surface area contributed by atoms with Crippen molar-refractivity contribution >= 4 is 46.9 Å². The molecule has 1 fully saturated rings. The lowest BCUT2D eigenvalue weighted by molar-refractivity contribution is -0.122. The van der Waals surface area contributed by atoms with Crippen molar-refractivity contribution in [2.45, 2.75) is 34.6 Å². The summed E-state index contributed by atoms with van der Waals surface area (Å²) in [5, 5.41) is 2.69. The van der Waals surface area contributed by atoms with E-state index in [1.165, 1.54) is 4.90 Å². The van der Waals surface area contributed by atoms with Gasteiger partial charge in [-0.2, -0.15) is 0 Å². The highest BCUT2D eigenvalue weighted by Gasteiger charge is 2.35. The van der Waals surface area contributed by atoms with Crippen molar-refractivity contribution in [1.29, 1.82) is 0 Å². The van der Waals surface area contributed by atoms with Gasteiger partial charge in [-0.05, 0) is 106 Å². The molecule has 0 atom stereocenters. The van der Waals surface area contributed by atoms with Crippen LogP contribution in [0.3, 0.4) is 0 Å². The Bertz CT molecular complexity index is 1450. The summed E-state index contributed by atoms with van der Waals surface area (Å²) in [4.78, 5) is 39.8. The maximum absolute atomic E-state index is 13.5. The van der Waals surface area contributed by atoms with Gasteiger partial charge in [0.1, 0.15) is 5.57 Å². The van der Waals surface area contributed by atoms with E-state index in [1.54, 1.807) is 31.2 Å². The fraction of sp³-hybridized carbons (Fsp3) is 0.214. The zero-order valence-electron chi connectivity index (χ0n) is 20.8. The number of nitrogens with one attached hydrogen (secondary N) is 1. The molecule has 1 aliphatic rings. The van der Waals surface area contributed by atoms with Gasteiger partial charge in [-0.25, -0.2) is 4.79 Å². The van der Waals surface area contributed by atoms with Gasteiger partial charge in [0.05, 0.1) is 17.9 Å². The lowest BCUT2D eigenvalue weighted by Gasteiger charge is -2.29. The summed E-state index contributed by atoms with van der Waals surface area (Å²) in [5.41, 5.74) is 6.31. The van der Waals surface area contributed by atoms with Gasteiger partial charge in [-0.3, -0.25) is 19.8 Å². The molecular weight excluding hydrogens is 474 g/mol. The Balaban J connectivity index is 1.74. The first kappa shape index (κ1) is 25.1. The molecule has 2 amide bonds. The van der Waals surface area contributed by atoms with Crippen molar-refractivity contribution in [2.75, 3.05) is 11.5 Å². The molecule has 1 saturated heterocycles. The molecule has 184 valence electrons. The van der Waals surface area contributed by atoms with E-state index >= 15 is 0 Å². The van der Waals surface area contributed by atoms with Crippen molar-refractivity contribution in [3.63, 3.8) is 0 Å². The lowest BCUT2D eigenvalue weighted by atomic mass is 10.1. The highest BCUT2D eigenvalue weighted by Crippen LogP contribution is 2.27. The number of ether oxygens (including phenoxy) is 1. The number of benzene rings is 2. The fourth-order valence-electron chi connectivity index (χ4n) is 4.23. The third-order valence-corrected chi connectivity index (χ3v) is 6.52. The number of aryl methyl sites for hydroxylation is 3. The van der Waals surface area contributed by atoms with Gasteiger partial charge in [0.2, 0.25) is 0 Å². The van der Waals surface area contributed by atoms with Crippen LogP contribution >= 0.6 is 12.2 Å². The Labute approximate surface area is 215 Å². The highest BCUT2D eigenvalue weighted by molar-refractivity contribution is 7.80. The average molecular weight is 502 g/mol. The Morgan fingerprint density at radius 1 is 1.00 bits per heavy atom. The molecule has 7 nitrogen and oxygen atoms in total. The number of hydrogen-bond donors (Lipinski definition) is 1. The van der Waals surface area contributed by atoms with E-state index < -0.39 is 17.8 Å². The largest absolute Gasteiger partial charge is 0.462 e. The monoisotopic (exact) mass is 501 g/mol. The number of aromatic nitrogens is 1. The molecule has 2 aromatic carbocycles. The van der Waals surface area contributed by atoms with E-state index in [4.69, 9.17) is 17.0 Å². The smallest absolute Gasteiger partial charge is 0.338 e. The average Bonchev–Trinajstić information content (AvgIpc) is 3.11. The van der Waals surface area contributed by atoms with Crippen LogP contribution in [0.2, 0.25) is 0 Å². The first-order chi connectivity index (χ1) is 17.1. The number of carbonyl (C=O) groups is 3. The van der Waals surface area contributed by atoms with E-state index in [-0.39, 0.29) is 10.7 Å². The predicted octanol–water partition coefficient (Wildman–Crippen LogP) is 4.72. The summed E-state index contributed by atoms with van der Waals surface area (Å²) in [7, 11) is 0. The second-order valence-corrected chi connectivity index (χ2v) is 9.05. The second-order valence-electron chi connectivity index (χ2n) is 8.66. The maximum atomic E-state index is 13.5. The van der Waals surface area contributed by atoms with Gasteiger partial charge in [-0.15, -0.1) is 0 Å². The summed E-state index contributed by atoms with van der Waals surface area (Å²) in [6, 6.07) is 14.6. The third kappa shape index (κ3) is 4.59. The van der Waals surface area contributed by atoms with Crippen molar-refractivity contribution < 1.29 is 19.1 Å². The lowest BCUT2D eigenvalue weighted by Crippen LogP contribution is -2.54. The van der Waals surface area contributed by atoms with Gasteiger partial charge in [0, 0.05) is 17.1 Å². The van der Waals surface area contributed by atoms with E-state index in [2.05, 4.69) is 5.32 Å². The van der Waals surface area contributed by atoms with Crippen molar-refractivity contribution in [3.05, 3.63) is 87.7 Å². The number of esters is 1. The summed E-state index contributed by atoms with van der Waals surface area (Å²) < 4.78 is 7.09. The van der Waals surface area contributed by atoms with Crippen molar-refractivity contribution in [1.82, 2.24) is 9.88 Å². The quantitative estimate of drug-likeness (QED) is 0.237. The first-order valence-electron chi connectivity index (χ1n) is 11.6. The SMILES string of the molecule is CCOC(=O)c1cccc(-n2c(C)cc(/C=C3\C(=O)NC(=S)N(c4ccc(C)c(C)c4)C3=O)c2C)c1. The van der Waals surface area contributed by atoms with E-state index in [9.17, 15) is 14.4 Å². The van der Waals surface area contributed by atoms with Crippen LogP contribution in [0.4, 0.5) is 5.69 Å². The standard InChI is InChI=1S/C28H27N3O4S/c1-6-35-27(34)20-8-7-9-22(14-20)30-18(4)13-21(19(30)5)15-24-25(32)29-28(36)31(26(24)33)23-11-10-16(2)17(3)12-23/h7-15H,6H2,1-5H3,(H,29,32,36)/b24-15+. The van der Waals surface area contributed by atoms with E-state index in [1.807, 2.05) is 62.6 Å². The number of hydrogen-bond acceptors (Lipinski definition) is 5. The number of thiocarbonyl (C=S) groups is 1. The molecule has 0 bridgehead atoms. The number of nitrogens with zero attached hydrogens (tertiary/aromatic N) is 2. The molecule has 0 spiro atoms. The zero-order chi connectivity index (χ0) is 26.1. The minimum Gasteiger partial charge on any atom is -0.462 e. The van der Waals surface area contributed by atoms with Crippen LogP contribution in [0.15, 0.2) is 54.1 Å². The first-order valence-corrected chi connectivity index (χ1v) is 12.0. The molecule has 3 aromatic rings. The van der Waals surface area contributed by atoms with Gasteiger partial charge in [0.25, 0.3) is 11.8 Å². The van der Waals surface area contributed by atoms with Gasteiger partial charge in [-0.1, -0.05) is 12.1 Å². The van der Waals surface area contributed by atoms with Crippen LogP contribution in [0.5, 0.6) is 0 Å². The Kier molecular flexibility index (Phi) is 6.90. The van der Waals surface area contributed by atoms with E-state index in [0.717, 1.165) is 28.2 Å². The Morgan fingerprint density at radius 3 is 2.44 bits per heavy atom. The van der Waals surface area contributed by atoms with Crippen molar-refractivity contribution in [3.8, 4) is 5.69 Å². The molecule has 0 radical (unpaired) electrons. The summed E-state index contributed by atoms with van der Waals surface area (Å²) in [5.74, 6) is -1.42. The highest BCUT2D eigenvalue weighted by atomic mass is 32.1. The molecule has 1 N–H and O–H groups in total. The Morgan fingerprint density at radius 2 is 1.75 bits per heavy atom. The minimum absolute atomic E-state index is 0.0117. The van der Waals surface area contributed by atoms with Crippen molar-refractivity contribution in [2.24, 2.45) is 0 Å². The van der Waals surface area contributed by atoms with Crippen LogP contribution in [0.25, 0.3) is 11.8 Å². The number of carbonyl (C=O) groups excluding carboxylic acids is 3. The zero-order valence-corrected chi connectivity index (χ0v) is 21.7. The van der Waals surface area contributed by atoms with Gasteiger partial charge < -0.3 is 9.30 Å². The molecule has 0 unspecified atom stereocenters. The molecule has 4 rings (SSSR count). The maximum Gasteiger partial charge on any atom is 0.338 e. The predicted molar refractivity (Wildman–Crippen MR) is 143 cm³/mol. The third-order valence-electron chi connectivity index (χ3n) is 6.24. The van der Waals surface area contributed by atoms with E-state index in [0.29, 0.717) is 23.4 Å². The molecule has 36 heavy (non-hydrogen) atoms. The molecule has 8 heteroatoms.